The second-order valence-corrected chi connectivity index (χ2v) is 5.51. The molecule has 0 aliphatic rings. The van der Waals surface area contributed by atoms with Crippen LogP contribution >= 0.6 is 11.6 Å². The number of halogens is 2. The molecule has 2 aromatic carbocycles. The van der Waals surface area contributed by atoms with E-state index in [-0.39, 0.29) is 18.4 Å². The summed E-state index contributed by atoms with van der Waals surface area (Å²) in [7, 11) is 0. The van der Waals surface area contributed by atoms with E-state index in [1.54, 1.807) is 18.2 Å². The van der Waals surface area contributed by atoms with E-state index >= 15 is 0 Å². The van der Waals surface area contributed by atoms with E-state index in [1.807, 2.05) is 30.3 Å². The van der Waals surface area contributed by atoms with Crippen molar-refractivity contribution in [1.82, 2.24) is 9.97 Å². The molecule has 1 atom stereocenters. The van der Waals surface area contributed by atoms with Gasteiger partial charge in [0.2, 0.25) is 5.95 Å². The topological polar surface area (TPSA) is 47.0 Å². The Morgan fingerprint density at radius 1 is 1.00 bits per heavy atom. The number of para-hydroxylation sites is 1. The smallest absolute Gasteiger partial charge is 0.223 e. The Morgan fingerprint density at radius 2 is 1.67 bits per heavy atom. The van der Waals surface area contributed by atoms with E-state index in [9.17, 15) is 4.39 Å². The van der Waals surface area contributed by atoms with Crippen LogP contribution in [0, 0.1) is 5.82 Å². The SMILES string of the molecule is Fc1ccccc1OCC(Nc1ncc(Cl)cn1)c1ccccc1. The molecule has 3 rings (SSSR count). The zero-order valence-electron chi connectivity index (χ0n) is 12.7. The van der Waals surface area contributed by atoms with Crippen LogP contribution in [0.4, 0.5) is 10.3 Å². The maximum atomic E-state index is 13.7. The van der Waals surface area contributed by atoms with Gasteiger partial charge < -0.3 is 10.1 Å². The molecule has 1 unspecified atom stereocenters. The Balaban J connectivity index is 1.77. The molecule has 0 saturated heterocycles. The fraction of sp³-hybridized carbons (Fsp3) is 0.111. The summed E-state index contributed by atoms with van der Waals surface area (Å²) in [6.45, 7) is 0.219. The van der Waals surface area contributed by atoms with Crippen molar-refractivity contribution in [3.8, 4) is 5.75 Å². The number of rotatable bonds is 6. The first-order valence-corrected chi connectivity index (χ1v) is 7.76. The van der Waals surface area contributed by atoms with Crippen LogP contribution in [-0.4, -0.2) is 16.6 Å². The molecule has 6 heteroatoms. The number of benzene rings is 2. The quantitative estimate of drug-likeness (QED) is 0.715. The fourth-order valence-electron chi connectivity index (χ4n) is 2.18. The van der Waals surface area contributed by atoms with Gasteiger partial charge in [0.15, 0.2) is 11.6 Å². The predicted molar refractivity (Wildman–Crippen MR) is 91.7 cm³/mol. The maximum absolute atomic E-state index is 13.7. The van der Waals surface area contributed by atoms with E-state index < -0.39 is 5.82 Å². The summed E-state index contributed by atoms with van der Waals surface area (Å²) in [4.78, 5) is 8.26. The monoisotopic (exact) mass is 343 g/mol. The van der Waals surface area contributed by atoms with Gasteiger partial charge in [-0.3, -0.25) is 0 Å². The van der Waals surface area contributed by atoms with E-state index in [0.717, 1.165) is 5.56 Å². The lowest BCUT2D eigenvalue weighted by Crippen LogP contribution is -2.20. The van der Waals surface area contributed by atoms with Crippen molar-refractivity contribution in [3.63, 3.8) is 0 Å². The molecule has 3 aromatic rings. The standard InChI is InChI=1S/C18H15ClFN3O/c19-14-10-21-18(22-11-14)23-16(13-6-2-1-3-7-13)12-24-17-9-5-4-8-15(17)20/h1-11,16H,12H2,(H,21,22,23). The zero-order chi connectivity index (χ0) is 16.8. The van der Waals surface area contributed by atoms with Gasteiger partial charge in [-0.25, -0.2) is 14.4 Å². The van der Waals surface area contributed by atoms with Crippen LogP contribution in [0.1, 0.15) is 11.6 Å². The number of anilines is 1. The molecule has 0 amide bonds. The van der Waals surface area contributed by atoms with Crippen LogP contribution in [0.25, 0.3) is 0 Å². The summed E-state index contributed by atoms with van der Waals surface area (Å²) in [6, 6.07) is 15.8. The first kappa shape index (κ1) is 16.2. The van der Waals surface area contributed by atoms with E-state index in [2.05, 4.69) is 15.3 Å². The number of nitrogens with one attached hydrogen (secondary N) is 1. The van der Waals surface area contributed by atoms with Gasteiger partial charge in [0, 0.05) is 0 Å². The largest absolute Gasteiger partial charge is 0.488 e. The van der Waals surface area contributed by atoms with Crippen LogP contribution in [0.2, 0.25) is 5.02 Å². The summed E-state index contributed by atoms with van der Waals surface area (Å²) >= 11 is 5.80. The Hall–Kier alpha value is -2.66. The second kappa shape index (κ2) is 7.75. The molecule has 0 aliphatic carbocycles. The molecule has 122 valence electrons. The number of nitrogens with zero attached hydrogens (tertiary/aromatic N) is 2. The number of ether oxygens (including phenoxy) is 1. The third kappa shape index (κ3) is 4.20. The van der Waals surface area contributed by atoms with Gasteiger partial charge in [0.25, 0.3) is 0 Å². The third-order valence-electron chi connectivity index (χ3n) is 3.37. The predicted octanol–water partition coefficient (Wildman–Crippen LogP) is 4.50. The molecule has 0 radical (unpaired) electrons. The molecule has 0 saturated carbocycles. The molecule has 0 aliphatic heterocycles. The van der Waals surface area contributed by atoms with Gasteiger partial charge in [-0.05, 0) is 17.7 Å². The first-order valence-electron chi connectivity index (χ1n) is 7.39. The Labute approximate surface area is 144 Å². The average molecular weight is 344 g/mol. The van der Waals surface area contributed by atoms with Crippen molar-refractivity contribution in [1.29, 1.82) is 0 Å². The molecule has 1 heterocycles. The highest BCUT2D eigenvalue weighted by Gasteiger charge is 2.14. The van der Waals surface area contributed by atoms with Crippen molar-refractivity contribution in [3.05, 3.63) is 83.4 Å². The van der Waals surface area contributed by atoms with Crippen molar-refractivity contribution in [2.24, 2.45) is 0 Å². The van der Waals surface area contributed by atoms with Gasteiger partial charge in [0.05, 0.1) is 23.5 Å². The van der Waals surface area contributed by atoms with Crippen LogP contribution in [-0.2, 0) is 0 Å². The third-order valence-corrected chi connectivity index (χ3v) is 3.56. The molecule has 4 nitrogen and oxygen atoms in total. The van der Waals surface area contributed by atoms with Crippen LogP contribution in [0.5, 0.6) is 5.75 Å². The Morgan fingerprint density at radius 3 is 2.38 bits per heavy atom. The van der Waals surface area contributed by atoms with Crippen LogP contribution < -0.4 is 10.1 Å². The van der Waals surface area contributed by atoms with Crippen LogP contribution in [0.15, 0.2) is 67.0 Å². The highest BCUT2D eigenvalue weighted by molar-refractivity contribution is 6.30. The zero-order valence-corrected chi connectivity index (χ0v) is 13.4. The van der Waals surface area contributed by atoms with E-state index in [0.29, 0.717) is 11.0 Å². The lowest BCUT2D eigenvalue weighted by molar-refractivity contribution is 0.284. The van der Waals surface area contributed by atoms with Gasteiger partial charge >= 0.3 is 0 Å². The molecule has 0 bridgehead atoms. The van der Waals surface area contributed by atoms with Crippen LogP contribution in [0.3, 0.4) is 0 Å². The minimum absolute atomic E-state index is 0.206. The molecule has 1 aromatic heterocycles. The van der Waals surface area contributed by atoms with Crippen molar-refractivity contribution in [2.75, 3.05) is 11.9 Å². The molecule has 0 fully saturated rings. The van der Waals surface area contributed by atoms with E-state index in [1.165, 1.54) is 18.5 Å². The lowest BCUT2D eigenvalue weighted by Gasteiger charge is -2.20. The molecule has 1 N–H and O–H groups in total. The molecule has 24 heavy (non-hydrogen) atoms. The Kier molecular flexibility index (Phi) is 5.23. The summed E-state index contributed by atoms with van der Waals surface area (Å²) < 4.78 is 19.4. The molecular weight excluding hydrogens is 329 g/mol. The lowest BCUT2D eigenvalue weighted by atomic mass is 10.1. The fourth-order valence-corrected chi connectivity index (χ4v) is 2.28. The van der Waals surface area contributed by atoms with E-state index in [4.69, 9.17) is 16.3 Å². The maximum Gasteiger partial charge on any atom is 0.223 e. The highest BCUT2D eigenvalue weighted by atomic mass is 35.5. The summed E-state index contributed by atoms with van der Waals surface area (Å²) in [6.07, 6.45) is 3.02. The minimum atomic E-state index is -0.396. The minimum Gasteiger partial charge on any atom is -0.488 e. The second-order valence-electron chi connectivity index (χ2n) is 5.07. The van der Waals surface area contributed by atoms with Gasteiger partial charge in [-0.15, -0.1) is 0 Å². The molecular formula is C18H15ClFN3O. The summed E-state index contributed by atoms with van der Waals surface area (Å²) in [5.41, 5.74) is 0.979. The highest BCUT2D eigenvalue weighted by Crippen LogP contribution is 2.21. The summed E-state index contributed by atoms with van der Waals surface area (Å²) in [5.74, 6) is 0.231. The summed E-state index contributed by atoms with van der Waals surface area (Å²) in [5, 5.41) is 3.64. The first-order chi connectivity index (χ1) is 11.7. The van der Waals surface area contributed by atoms with Crippen molar-refractivity contribution >= 4 is 17.5 Å². The van der Waals surface area contributed by atoms with Gasteiger partial charge in [0.1, 0.15) is 6.61 Å². The number of aromatic nitrogens is 2. The van der Waals surface area contributed by atoms with Gasteiger partial charge in [-0.2, -0.15) is 0 Å². The van der Waals surface area contributed by atoms with Gasteiger partial charge in [-0.1, -0.05) is 54.1 Å². The number of hydrogen-bond acceptors (Lipinski definition) is 4. The number of hydrogen-bond donors (Lipinski definition) is 1. The average Bonchev–Trinajstić information content (AvgIpc) is 2.62. The molecule has 0 spiro atoms. The normalized spacial score (nSPS) is 11.8. The van der Waals surface area contributed by atoms with Crippen molar-refractivity contribution in [2.45, 2.75) is 6.04 Å². The van der Waals surface area contributed by atoms with Crippen molar-refractivity contribution < 1.29 is 9.13 Å². The Bertz CT molecular complexity index is 784.